The molecule has 2 rings (SSSR count). The van der Waals surface area contributed by atoms with Gasteiger partial charge < -0.3 is 15.5 Å². The van der Waals surface area contributed by atoms with E-state index in [-0.39, 0.29) is 6.42 Å². The van der Waals surface area contributed by atoms with E-state index in [9.17, 15) is 15.0 Å². The summed E-state index contributed by atoms with van der Waals surface area (Å²) in [6, 6.07) is 6.97. The van der Waals surface area contributed by atoms with Crippen LogP contribution in [-0.2, 0) is 10.3 Å². The number of carbonyl (C=O) groups is 1. The molecule has 18 heavy (non-hydrogen) atoms. The van der Waals surface area contributed by atoms with Crippen LogP contribution in [0.15, 0.2) is 24.3 Å². The van der Waals surface area contributed by atoms with Crippen molar-refractivity contribution in [1.29, 1.82) is 0 Å². The molecule has 0 unspecified atom stereocenters. The summed E-state index contributed by atoms with van der Waals surface area (Å²) < 4.78 is 0. The Morgan fingerprint density at radius 2 is 1.94 bits per heavy atom. The van der Waals surface area contributed by atoms with E-state index in [1.165, 1.54) is 0 Å². The smallest absolute Gasteiger partial charge is 0.226 e. The summed E-state index contributed by atoms with van der Waals surface area (Å²) in [5.41, 5.74) is -0.536. The lowest BCUT2D eigenvalue weighted by molar-refractivity contribution is -0.199. The van der Waals surface area contributed by atoms with Gasteiger partial charge in [-0.1, -0.05) is 29.8 Å². The highest BCUT2D eigenvalue weighted by molar-refractivity contribution is 6.31. The summed E-state index contributed by atoms with van der Waals surface area (Å²) in [6.45, 7) is 0. The predicted molar refractivity (Wildman–Crippen MR) is 68.2 cm³/mol. The van der Waals surface area contributed by atoms with E-state index in [1.807, 2.05) is 0 Å². The first-order valence-electron chi connectivity index (χ1n) is 5.87. The minimum atomic E-state index is -2.29. The molecule has 1 aromatic carbocycles. The predicted octanol–water partition coefficient (Wildman–Crippen LogP) is 1.19. The molecule has 0 spiro atoms. The second-order valence-electron chi connectivity index (χ2n) is 4.63. The van der Waals surface area contributed by atoms with Gasteiger partial charge in [-0.15, -0.1) is 0 Å². The van der Waals surface area contributed by atoms with E-state index < -0.39 is 17.1 Å². The fourth-order valence-corrected chi connectivity index (χ4v) is 2.90. The molecule has 0 aromatic heterocycles. The molecular weight excluding hydrogens is 254 g/mol. The van der Waals surface area contributed by atoms with Crippen molar-refractivity contribution in [1.82, 2.24) is 5.32 Å². The summed E-state index contributed by atoms with van der Waals surface area (Å²) in [7, 11) is 1.63. The largest absolute Gasteiger partial charge is 0.360 e. The van der Waals surface area contributed by atoms with Crippen molar-refractivity contribution in [3.63, 3.8) is 0 Å². The number of halogens is 1. The lowest BCUT2D eigenvalue weighted by Crippen LogP contribution is -2.60. The minimum absolute atomic E-state index is 0.0553. The van der Waals surface area contributed by atoms with Crippen molar-refractivity contribution < 1.29 is 15.0 Å². The van der Waals surface area contributed by atoms with Crippen molar-refractivity contribution in [3.8, 4) is 0 Å². The van der Waals surface area contributed by atoms with Crippen molar-refractivity contribution in [3.05, 3.63) is 34.9 Å². The summed E-state index contributed by atoms with van der Waals surface area (Å²) in [5, 5.41) is 22.9. The van der Waals surface area contributed by atoms with Gasteiger partial charge in [0.2, 0.25) is 11.6 Å². The van der Waals surface area contributed by atoms with E-state index in [0.29, 0.717) is 23.4 Å². The number of nitrogens with one attached hydrogen (secondary N) is 1. The zero-order valence-electron chi connectivity index (χ0n) is 10.1. The molecule has 5 heteroatoms. The number of rotatable bonds is 2. The number of ketones is 1. The van der Waals surface area contributed by atoms with Gasteiger partial charge >= 0.3 is 0 Å². The average molecular weight is 270 g/mol. The third kappa shape index (κ3) is 1.95. The van der Waals surface area contributed by atoms with Crippen molar-refractivity contribution in [2.75, 3.05) is 7.05 Å². The molecule has 0 radical (unpaired) electrons. The Balaban J connectivity index is 2.55. The van der Waals surface area contributed by atoms with Gasteiger partial charge in [0, 0.05) is 11.4 Å². The van der Waals surface area contributed by atoms with Gasteiger partial charge in [0.1, 0.15) is 5.54 Å². The molecule has 0 aliphatic heterocycles. The Morgan fingerprint density at radius 3 is 2.56 bits per heavy atom. The number of Topliss-reactive ketones (excluding diaryl/α,β-unsaturated/α-hetero) is 1. The monoisotopic (exact) mass is 269 g/mol. The molecule has 0 amide bonds. The maximum atomic E-state index is 12.3. The van der Waals surface area contributed by atoms with E-state index in [2.05, 4.69) is 5.32 Å². The van der Waals surface area contributed by atoms with Gasteiger partial charge in [0.15, 0.2) is 0 Å². The van der Waals surface area contributed by atoms with Crippen LogP contribution in [-0.4, -0.2) is 28.8 Å². The normalized spacial score (nSPS) is 27.2. The van der Waals surface area contributed by atoms with Gasteiger partial charge in [-0.3, -0.25) is 4.79 Å². The van der Waals surface area contributed by atoms with Gasteiger partial charge in [0.25, 0.3) is 0 Å². The zero-order chi connectivity index (χ0) is 13.4. The van der Waals surface area contributed by atoms with E-state index in [4.69, 9.17) is 11.6 Å². The van der Waals surface area contributed by atoms with Crippen LogP contribution in [0.1, 0.15) is 24.8 Å². The fraction of sp³-hybridized carbons (Fsp3) is 0.462. The van der Waals surface area contributed by atoms with E-state index in [0.717, 1.165) is 0 Å². The summed E-state index contributed by atoms with van der Waals surface area (Å²) in [4.78, 5) is 12.3. The van der Waals surface area contributed by atoms with Crippen LogP contribution < -0.4 is 5.32 Å². The molecular formula is C13H16ClNO3. The highest BCUT2D eigenvalue weighted by Gasteiger charge is 2.52. The van der Waals surface area contributed by atoms with Crippen LogP contribution in [0, 0.1) is 0 Å². The maximum Gasteiger partial charge on any atom is 0.226 e. The lowest BCUT2D eigenvalue weighted by Gasteiger charge is -2.41. The Hall–Kier alpha value is -0.940. The molecule has 98 valence electrons. The van der Waals surface area contributed by atoms with Crippen LogP contribution in [0.4, 0.5) is 0 Å². The molecule has 1 saturated carbocycles. The van der Waals surface area contributed by atoms with Crippen LogP contribution in [0.2, 0.25) is 5.02 Å². The molecule has 1 aliphatic rings. The Kier molecular flexibility index (Phi) is 3.47. The van der Waals surface area contributed by atoms with E-state index >= 15 is 0 Å². The lowest BCUT2D eigenvalue weighted by atomic mass is 9.73. The van der Waals surface area contributed by atoms with Gasteiger partial charge in [-0.25, -0.2) is 0 Å². The molecule has 1 aromatic rings. The highest BCUT2D eigenvalue weighted by Crippen LogP contribution is 2.40. The highest BCUT2D eigenvalue weighted by atomic mass is 35.5. The first-order chi connectivity index (χ1) is 8.44. The first kappa shape index (κ1) is 13.5. The summed E-state index contributed by atoms with van der Waals surface area (Å²) in [5.74, 6) is -2.93. The Bertz CT molecular complexity index is 475. The average Bonchev–Trinajstić information content (AvgIpc) is 2.34. The second-order valence-corrected chi connectivity index (χ2v) is 5.04. The molecule has 0 heterocycles. The minimum Gasteiger partial charge on any atom is -0.360 e. The number of benzene rings is 1. The van der Waals surface area contributed by atoms with Crippen LogP contribution in [0.3, 0.4) is 0 Å². The number of hydrogen-bond acceptors (Lipinski definition) is 4. The first-order valence-corrected chi connectivity index (χ1v) is 6.25. The van der Waals surface area contributed by atoms with Crippen LogP contribution in [0.5, 0.6) is 0 Å². The Morgan fingerprint density at radius 1 is 1.28 bits per heavy atom. The standard InChI is InChI=1S/C13H16ClNO3/c1-15-12(9-5-2-3-6-10(9)14)7-4-8-13(17,18)11(12)16/h2-3,5-6,15,17-18H,4,7-8H2,1H3/t12-/m1/s1. The van der Waals surface area contributed by atoms with Crippen LogP contribution >= 0.6 is 11.6 Å². The fourth-order valence-electron chi connectivity index (χ4n) is 2.61. The molecule has 1 fully saturated rings. The van der Waals surface area contributed by atoms with Crippen molar-refractivity contribution >= 4 is 17.4 Å². The molecule has 1 aliphatic carbocycles. The molecule has 3 N–H and O–H groups in total. The van der Waals surface area contributed by atoms with Crippen molar-refractivity contribution in [2.24, 2.45) is 0 Å². The number of carbonyl (C=O) groups excluding carboxylic acids is 1. The second kappa shape index (κ2) is 4.63. The van der Waals surface area contributed by atoms with Gasteiger partial charge in [-0.2, -0.15) is 0 Å². The quantitative estimate of drug-likeness (QED) is 0.706. The molecule has 0 bridgehead atoms. The number of aliphatic hydroxyl groups is 2. The summed E-state index contributed by atoms with van der Waals surface area (Å²) >= 11 is 6.13. The number of likely N-dealkylation sites (N-methyl/N-ethyl adjacent to an activating group) is 1. The number of hydrogen-bond donors (Lipinski definition) is 3. The third-order valence-corrected chi connectivity index (χ3v) is 3.92. The van der Waals surface area contributed by atoms with Crippen molar-refractivity contribution in [2.45, 2.75) is 30.6 Å². The molecule has 4 nitrogen and oxygen atoms in total. The topological polar surface area (TPSA) is 69.6 Å². The Labute approximate surface area is 111 Å². The van der Waals surface area contributed by atoms with E-state index in [1.54, 1.807) is 31.3 Å². The summed E-state index contributed by atoms with van der Waals surface area (Å²) in [6.07, 6.45) is 1.08. The third-order valence-electron chi connectivity index (χ3n) is 3.59. The maximum absolute atomic E-state index is 12.3. The van der Waals surface area contributed by atoms with Gasteiger partial charge in [-0.05, 0) is 31.5 Å². The zero-order valence-corrected chi connectivity index (χ0v) is 10.9. The van der Waals surface area contributed by atoms with Crippen LogP contribution in [0.25, 0.3) is 0 Å². The molecule has 1 atom stereocenters. The van der Waals surface area contributed by atoms with Gasteiger partial charge in [0.05, 0.1) is 0 Å². The molecule has 0 saturated heterocycles. The SMILES string of the molecule is CN[C@@]1(c2ccccc2Cl)CCCC(O)(O)C1=O.